The molecule has 0 bridgehead atoms. The van der Waals surface area contributed by atoms with Gasteiger partial charge in [0.2, 0.25) is 5.88 Å². The molecule has 1 atom stereocenters. The van der Waals surface area contributed by atoms with Gasteiger partial charge in [-0.05, 0) is 51.5 Å². The molecular weight excluding hydrogens is 365 g/mol. The van der Waals surface area contributed by atoms with Crippen molar-refractivity contribution in [2.24, 2.45) is 0 Å². The third-order valence-corrected chi connectivity index (χ3v) is 4.02. The lowest BCUT2D eigenvalue weighted by Gasteiger charge is -2.34. The van der Waals surface area contributed by atoms with Gasteiger partial charge in [0, 0.05) is 18.2 Å². The first-order valence-corrected chi connectivity index (χ1v) is 9.07. The van der Waals surface area contributed by atoms with E-state index in [0.29, 0.717) is 23.7 Å². The number of morpholine rings is 1. The molecule has 1 aliphatic heterocycles. The van der Waals surface area contributed by atoms with Crippen LogP contribution in [-0.2, 0) is 9.47 Å². The molecule has 0 aliphatic carbocycles. The van der Waals surface area contributed by atoms with Crippen molar-refractivity contribution in [2.75, 3.05) is 19.7 Å². The maximum absolute atomic E-state index is 14.5. The summed E-state index contributed by atoms with van der Waals surface area (Å²) in [5.74, 6) is 0.297. The number of amides is 1. The van der Waals surface area contributed by atoms with Gasteiger partial charge in [0.25, 0.3) is 0 Å². The van der Waals surface area contributed by atoms with Crippen molar-refractivity contribution in [3.05, 3.63) is 47.4 Å². The Balaban J connectivity index is 1.76. The van der Waals surface area contributed by atoms with Crippen LogP contribution in [0.3, 0.4) is 0 Å². The van der Waals surface area contributed by atoms with Crippen molar-refractivity contribution < 1.29 is 23.4 Å². The number of carbonyl (C=O) groups is 1. The predicted molar refractivity (Wildman–Crippen MR) is 99.7 cm³/mol. The molecule has 1 amide bonds. The summed E-state index contributed by atoms with van der Waals surface area (Å²) in [6, 6.07) is 6.11. The summed E-state index contributed by atoms with van der Waals surface area (Å²) in [5.41, 5.74) is 0.612. The van der Waals surface area contributed by atoms with Crippen molar-refractivity contribution in [3.8, 4) is 11.6 Å². The van der Waals surface area contributed by atoms with Crippen molar-refractivity contribution in [2.45, 2.75) is 39.4 Å². The Morgan fingerprint density at radius 3 is 2.82 bits per heavy atom. The molecule has 0 spiro atoms. The van der Waals surface area contributed by atoms with E-state index < -0.39 is 23.6 Å². The van der Waals surface area contributed by atoms with Crippen molar-refractivity contribution >= 4 is 6.09 Å². The van der Waals surface area contributed by atoms with E-state index in [1.54, 1.807) is 39.1 Å². The number of nitrogens with zero attached hydrogens (tertiary/aromatic N) is 3. The minimum absolute atomic E-state index is 0.194. The first kappa shape index (κ1) is 20.0. The second kappa shape index (κ2) is 8.10. The Hall–Kier alpha value is -2.74. The normalized spacial score (nSPS) is 17.3. The van der Waals surface area contributed by atoms with E-state index in [1.165, 1.54) is 17.0 Å². The third-order valence-electron chi connectivity index (χ3n) is 4.02. The summed E-state index contributed by atoms with van der Waals surface area (Å²) < 4.78 is 31.3. The number of hydrogen-bond donors (Lipinski definition) is 0. The molecule has 28 heavy (non-hydrogen) atoms. The van der Waals surface area contributed by atoms with Gasteiger partial charge in [-0.15, -0.1) is 5.10 Å². The Labute approximate surface area is 163 Å². The molecule has 1 saturated heterocycles. The van der Waals surface area contributed by atoms with Gasteiger partial charge in [0.15, 0.2) is 0 Å². The van der Waals surface area contributed by atoms with Crippen LogP contribution in [0.2, 0.25) is 0 Å². The van der Waals surface area contributed by atoms with Gasteiger partial charge < -0.3 is 19.1 Å². The zero-order valence-corrected chi connectivity index (χ0v) is 16.4. The van der Waals surface area contributed by atoms with Crippen LogP contribution in [0.15, 0.2) is 30.5 Å². The van der Waals surface area contributed by atoms with Crippen LogP contribution >= 0.6 is 0 Å². The summed E-state index contributed by atoms with van der Waals surface area (Å²) in [4.78, 5) is 13.9. The summed E-state index contributed by atoms with van der Waals surface area (Å²) in [7, 11) is 0. The Morgan fingerprint density at radius 2 is 2.11 bits per heavy atom. The van der Waals surface area contributed by atoms with E-state index in [4.69, 9.17) is 14.2 Å². The molecule has 8 heteroatoms. The van der Waals surface area contributed by atoms with Crippen molar-refractivity contribution in [3.63, 3.8) is 0 Å². The Bertz CT molecular complexity index is 854. The topological polar surface area (TPSA) is 73.8 Å². The van der Waals surface area contributed by atoms with Gasteiger partial charge >= 0.3 is 6.09 Å². The van der Waals surface area contributed by atoms with Crippen molar-refractivity contribution in [1.82, 2.24) is 15.1 Å². The number of benzene rings is 1. The van der Waals surface area contributed by atoms with E-state index in [-0.39, 0.29) is 13.2 Å². The molecule has 1 unspecified atom stereocenters. The van der Waals surface area contributed by atoms with Crippen LogP contribution in [-0.4, -0.2) is 46.5 Å². The van der Waals surface area contributed by atoms with Gasteiger partial charge in [-0.25, -0.2) is 9.18 Å². The zero-order valence-electron chi connectivity index (χ0n) is 16.4. The van der Waals surface area contributed by atoms with Crippen LogP contribution in [0.4, 0.5) is 9.18 Å². The maximum Gasteiger partial charge on any atom is 0.410 e. The largest absolute Gasteiger partial charge is 0.444 e. The lowest BCUT2D eigenvalue weighted by molar-refractivity contribution is -0.0444. The molecule has 150 valence electrons. The van der Waals surface area contributed by atoms with E-state index in [1.807, 2.05) is 6.92 Å². The van der Waals surface area contributed by atoms with Gasteiger partial charge in [-0.3, -0.25) is 0 Å². The molecule has 1 aromatic heterocycles. The summed E-state index contributed by atoms with van der Waals surface area (Å²) in [6.07, 6.45) is 0.557. The number of aromatic nitrogens is 2. The molecule has 0 N–H and O–H groups in total. The lowest BCUT2D eigenvalue weighted by atomic mass is 10.1. The zero-order chi connectivity index (χ0) is 20.3. The molecule has 0 radical (unpaired) electrons. The Kier molecular flexibility index (Phi) is 5.79. The SMILES string of the molecule is Cc1cnnc(Oc2ccc(F)c(C3CN(C(=O)OC(C)(C)C)CCO3)c2)c1. The highest BCUT2D eigenvalue weighted by atomic mass is 19.1. The molecule has 0 saturated carbocycles. The Morgan fingerprint density at radius 1 is 1.32 bits per heavy atom. The number of carbonyl (C=O) groups excluding carboxylic acids is 1. The molecular formula is C20H24FN3O4. The van der Waals surface area contributed by atoms with Crippen LogP contribution in [0, 0.1) is 12.7 Å². The average molecular weight is 389 g/mol. The average Bonchev–Trinajstić information content (AvgIpc) is 2.62. The first-order chi connectivity index (χ1) is 13.2. The minimum atomic E-state index is -0.617. The lowest BCUT2D eigenvalue weighted by Crippen LogP contribution is -2.44. The third kappa shape index (κ3) is 5.16. The predicted octanol–water partition coefficient (Wildman–Crippen LogP) is 4.02. The molecule has 2 heterocycles. The second-order valence-electron chi connectivity index (χ2n) is 7.64. The fourth-order valence-corrected chi connectivity index (χ4v) is 2.77. The fraction of sp³-hybridized carbons (Fsp3) is 0.450. The number of ether oxygens (including phenoxy) is 3. The quantitative estimate of drug-likeness (QED) is 0.789. The molecule has 3 rings (SSSR count). The standard InChI is InChI=1S/C20H24FN3O4/c1-13-9-18(23-22-11-13)27-14-5-6-16(21)15(10-14)17-12-24(7-8-26-17)19(25)28-20(2,3)4/h5-6,9-11,17H,7-8,12H2,1-4H3. The van der Waals surface area contributed by atoms with Crippen LogP contribution in [0.5, 0.6) is 11.6 Å². The summed E-state index contributed by atoms with van der Waals surface area (Å²) >= 11 is 0. The highest BCUT2D eigenvalue weighted by Crippen LogP contribution is 2.30. The number of rotatable bonds is 3. The molecule has 1 fully saturated rings. The molecule has 7 nitrogen and oxygen atoms in total. The van der Waals surface area contributed by atoms with Gasteiger partial charge in [0.05, 0.1) is 19.3 Å². The molecule has 2 aromatic rings. The highest BCUT2D eigenvalue weighted by Gasteiger charge is 2.30. The van der Waals surface area contributed by atoms with Gasteiger partial charge in [0.1, 0.15) is 23.3 Å². The number of hydrogen-bond acceptors (Lipinski definition) is 6. The smallest absolute Gasteiger partial charge is 0.410 e. The van der Waals surface area contributed by atoms with Crippen LogP contribution < -0.4 is 4.74 Å². The molecule has 1 aliphatic rings. The number of halogens is 1. The van der Waals surface area contributed by atoms with Crippen LogP contribution in [0.25, 0.3) is 0 Å². The second-order valence-corrected chi connectivity index (χ2v) is 7.64. The van der Waals surface area contributed by atoms with Gasteiger partial charge in [-0.2, -0.15) is 5.10 Å². The van der Waals surface area contributed by atoms with Gasteiger partial charge in [-0.1, -0.05) is 0 Å². The van der Waals surface area contributed by atoms with E-state index in [9.17, 15) is 9.18 Å². The highest BCUT2D eigenvalue weighted by molar-refractivity contribution is 5.68. The minimum Gasteiger partial charge on any atom is -0.444 e. The van der Waals surface area contributed by atoms with Crippen molar-refractivity contribution in [1.29, 1.82) is 0 Å². The van der Waals surface area contributed by atoms with E-state index in [2.05, 4.69) is 10.2 Å². The fourth-order valence-electron chi connectivity index (χ4n) is 2.77. The molecule has 1 aromatic carbocycles. The number of aryl methyl sites for hydroxylation is 1. The van der Waals surface area contributed by atoms with E-state index >= 15 is 0 Å². The summed E-state index contributed by atoms with van der Waals surface area (Å²) in [6.45, 7) is 8.16. The summed E-state index contributed by atoms with van der Waals surface area (Å²) in [5, 5.41) is 7.74. The van der Waals surface area contributed by atoms with E-state index in [0.717, 1.165) is 5.56 Å². The maximum atomic E-state index is 14.5. The first-order valence-electron chi connectivity index (χ1n) is 9.07. The van der Waals surface area contributed by atoms with Crippen LogP contribution in [0.1, 0.15) is 38.0 Å². The monoisotopic (exact) mass is 389 g/mol.